The fourth-order valence-electron chi connectivity index (χ4n) is 1.47. The van der Waals surface area contributed by atoms with Gasteiger partial charge >= 0.3 is 0 Å². The molecule has 0 unspecified atom stereocenters. The van der Waals surface area contributed by atoms with Crippen LogP contribution in [0.2, 0.25) is 5.15 Å². The molecule has 0 amide bonds. The molecule has 0 aromatic carbocycles. The summed E-state index contributed by atoms with van der Waals surface area (Å²) in [7, 11) is 1.84. The molecule has 6 nitrogen and oxygen atoms in total. The molecule has 0 bridgehead atoms. The summed E-state index contributed by atoms with van der Waals surface area (Å²) in [6.07, 6.45) is 0. The van der Waals surface area contributed by atoms with Crippen molar-refractivity contribution in [1.29, 1.82) is 0 Å². The van der Waals surface area contributed by atoms with E-state index in [-0.39, 0.29) is 11.1 Å². The molecule has 0 atom stereocenters. The van der Waals surface area contributed by atoms with Gasteiger partial charge < -0.3 is 10.5 Å². The van der Waals surface area contributed by atoms with E-state index in [0.717, 1.165) is 11.4 Å². The van der Waals surface area contributed by atoms with E-state index >= 15 is 0 Å². The van der Waals surface area contributed by atoms with Gasteiger partial charge in [-0.15, -0.1) is 0 Å². The lowest BCUT2D eigenvalue weighted by molar-refractivity contribution is 0.455. The minimum atomic E-state index is 0.0756. The van der Waals surface area contributed by atoms with E-state index in [0.29, 0.717) is 11.6 Å². The first-order valence-electron chi connectivity index (χ1n) is 4.95. The standard InChI is InChI=1S/C10H12ClN5O/c1-5-9(6(2)16(3)15-5)17-8-4-7(11)13-10(12)14-8/h4H,1-3H3,(H2,12,13,14). The Balaban J connectivity index is 2.37. The number of ether oxygens (including phenoxy) is 1. The van der Waals surface area contributed by atoms with Crippen molar-refractivity contribution in [1.82, 2.24) is 19.7 Å². The van der Waals surface area contributed by atoms with E-state index in [1.807, 2.05) is 20.9 Å². The summed E-state index contributed by atoms with van der Waals surface area (Å²) in [5.74, 6) is 1.04. The van der Waals surface area contributed by atoms with E-state index < -0.39 is 0 Å². The van der Waals surface area contributed by atoms with Crippen LogP contribution >= 0.6 is 11.6 Å². The molecule has 2 rings (SSSR count). The van der Waals surface area contributed by atoms with Gasteiger partial charge in [-0.1, -0.05) is 11.6 Å². The summed E-state index contributed by atoms with van der Waals surface area (Å²) in [4.78, 5) is 7.70. The number of halogens is 1. The lowest BCUT2D eigenvalue weighted by atomic mass is 10.3. The predicted octanol–water partition coefficient (Wildman–Crippen LogP) is 1.85. The van der Waals surface area contributed by atoms with Crippen LogP contribution in [-0.2, 0) is 7.05 Å². The number of nitrogens with zero attached hydrogens (tertiary/aromatic N) is 4. The van der Waals surface area contributed by atoms with Crippen LogP contribution in [0.1, 0.15) is 11.4 Å². The molecule has 2 N–H and O–H groups in total. The molecular formula is C10H12ClN5O. The lowest BCUT2D eigenvalue weighted by Crippen LogP contribution is -1.98. The molecule has 2 aromatic rings. The molecule has 0 spiro atoms. The Kier molecular flexibility index (Phi) is 2.89. The molecule has 2 aromatic heterocycles. The highest BCUT2D eigenvalue weighted by Gasteiger charge is 2.13. The monoisotopic (exact) mass is 253 g/mol. The summed E-state index contributed by atoms with van der Waals surface area (Å²) in [5, 5.41) is 4.48. The summed E-state index contributed by atoms with van der Waals surface area (Å²) in [6, 6.07) is 1.50. The highest BCUT2D eigenvalue weighted by atomic mass is 35.5. The van der Waals surface area contributed by atoms with Crippen molar-refractivity contribution in [2.75, 3.05) is 5.73 Å². The molecule has 17 heavy (non-hydrogen) atoms. The molecule has 0 radical (unpaired) electrons. The average molecular weight is 254 g/mol. The summed E-state index contributed by atoms with van der Waals surface area (Å²) in [6.45, 7) is 3.76. The third-order valence-electron chi connectivity index (χ3n) is 2.34. The maximum absolute atomic E-state index is 5.77. The summed E-state index contributed by atoms with van der Waals surface area (Å²) in [5.41, 5.74) is 7.16. The third-order valence-corrected chi connectivity index (χ3v) is 2.53. The molecule has 0 aliphatic carbocycles. The molecule has 90 valence electrons. The zero-order chi connectivity index (χ0) is 12.6. The van der Waals surface area contributed by atoms with Crippen LogP contribution in [0.15, 0.2) is 6.07 Å². The Morgan fingerprint density at radius 3 is 2.59 bits per heavy atom. The fourth-order valence-corrected chi connectivity index (χ4v) is 1.65. The maximum atomic E-state index is 5.77. The number of hydrogen-bond donors (Lipinski definition) is 1. The first-order valence-corrected chi connectivity index (χ1v) is 5.33. The second-order valence-electron chi connectivity index (χ2n) is 3.61. The summed E-state index contributed by atoms with van der Waals surface area (Å²) < 4.78 is 7.36. The van der Waals surface area contributed by atoms with Gasteiger partial charge in [-0.25, -0.2) is 4.98 Å². The third kappa shape index (κ3) is 2.31. The molecule has 7 heteroatoms. The van der Waals surface area contributed by atoms with Gasteiger partial charge in [0.1, 0.15) is 10.8 Å². The minimum absolute atomic E-state index is 0.0756. The molecule has 0 saturated heterocycles. The Labute approximate surface area is 103 Å². The smallest absolute Gasteiger partial charge is 0.225 e. The van der Waals surface area contributed by atoms with E-state index in [9.17, 15) is 0 Å². The van der Waals surface area contributed by atoms with Gasteiger partial charge in [0.15, 0.2) is 5.75 Å². The number of nitrogen functional groups attached to an aromatic ring is 1. The number of rotatable bonds is 2. The van der Waals surface area contributed by atoms with E-state index in [1.165, 1.54) is 6.07 Å². The zero-order valence-corrected chi connectivity index (χ0v) is 10.5. The molecule has 2 heterocycles. The molecule has 0 saturated carbocycles. The Morgan fingerprint density at radius 2 is 2.06 bits per heavy atom. The second kappa shape index (κ2) is 4.21. The van der Waals surface area contributed by atoms with Gasteiger partial charge in [0.05, 0.1) is 5.69 Å². The van der Waals surface area contributed by atoms with Crippen molar-refractivity contribution in [2.24, 2.45) is 7.05 Å². The van der Waals surface area contributed by atoms with Crippen LogP contribution in [0.25, 0.3) is 0 Å². The molecular weight excluding hydrogens is 242 g/mol. The molecule has 0 aliphatic heterocycles. The summed E-state index contributed by atoms with van der Waals surface area (Å²) >= 11 is 5.77. The Morgan fingerprint density at radius 1 is 1.35 bits per heavy atom. The fraction of sp³-hybridized carbons (Fsp3) is 0.300. The van der Waals surface area contributed by atoms with E-state index in [2.05, 4.69) is 15.1 Å². The second-order valence-corrected chi connectivity index (χ2v) is 4.00. The SMILES string of the molecule is Cc1nn(C)c(C)c1Oc1cc(Cl)nc(N)n1. The highest BCUT2D eigenvalue weighted by Crippen LogP contribution is 2.27. The van der Waals surface area contributed by atoms with Crippen LogP contribution in [0.3, 0.4) is 0 Å². The first kappa shape index (κ1) is 11.7. The van der Waals surface area contributed by atoms with Gasteiger partial charge in [0.2, 0.25) is 11.8 Å². The Hall–Kier alpha value is -1.82. The lowest BCUT2D eigenvalue weighted by Gasteiger charge is -2.05. The average Bonchev–Trinajstić information content (AvgIpc) is 2.44. The zero-order valence-electron chi connectivity index (χ0n) is 9.73. The molecule has 0 fully saturated rings. The van der Waals surface area contributed by atoms with Crippen molar-refractivity contribution in [2.45, 2.75) is 13.8 Å². The minimum Gasteiger partial charge on any atom is -0.435 e. The highest BCUT2D eigenvalue weighted by molar-refractivity contribution is 6.29. The number of hydrogen-bond acceptors (Lipinski definition) is 5. The van der Waals surface area contributed by atoms with Gasteiger partial charge in [-0.3, -0.25) is 4.68 Å². The van der Waals surface area contributed by atoms with Crippen LogP contribution in [0, 0.1) is 13.8 Å². The first-order chi connectivity index (χ1) is 7.97. The molecule has 0 aliphatic rings. The number of anilines is 1. The van der Waals surface area contributed by atoms with Gasteiger partial charge in [0.25, 0.3) is 0 Å². The topological polar surface area (TPSA) is 78.8 Å². The van der Waals surface area contributed by atoms with Crippen molar-refractivity contribution < 1.29 is 4.74 Å². The quantitative estimate of drug-likeness (QED) is 0.827. The van der Waals surface area contributed by atoms with Crippen LogP contribution in [-0.4, -0.2) is 19.7 Å². The largest absolute Gasteiger partial charge is 0.435 e. The normalized spacial score (nSPS) is 10.6. The van der Waals surface area contributed by atoms with Crippen molar-refractivity contribution in [3.05, 3.63) is 22.6 Å². The number of aryl methyl sites for hydroxylation is 2. The predicted molar refractivity (Wildman–Crippen MR) is 64.2 cm³/mol. The van der Waals surface area contributed by atoms with Crippen molar-refractivity contribution >= 4 is 17.5 Å². The van der Waals surface area contributed by atoms with E-state index in [4.69, 9.17) is 22.1 Å². The maximum Gasteiger partial charge on any atom is 0.225 e. The number of aromatic nitrogens is 4. The van der Waals surface area contributed by atoms with Crippen molar-refractivity contribution in [3.8, 4) is 11.6 Å². The van der Waals surface area contributed by atoms with Gasteiger partial charge in [-0.05, 0) is 13.8 Å². The van der Waals surface area contributed by atoms with Gasteiger partial charge in [-0.2, -0.15) is 10.1 Å². The Bertz CT molecular complexity index is 546. The van der Waals surface area contributed by atoms with E-state index in [1.54, 1.807) is 4.68 Å². The van der Waals surface area contributed by atoms with Gasteiger partial charge in [0, 0.05) is 13.1 Å². The van der Waals surface area contributed by atoms with Crippen LogP contribution in [0.4, 0.5) is 5.95 Å². The van der Waals surface area contributed by atoms with Crippen LogP contribution < -0.4 is 10.5 Å². The van der Waals surface area contributed by atoms with Crippen molar-refractivity contribution in [3.63, 3.8) is 0 Å². The van der Waals surface area contributed by atoms with Crippen LogP contribution in [0.5, 0.6) is 11.6 Å². The number of nitrogens with two attached hydrogens (primary N) is 1.